The summed E-state index contributed by atoms with van der Waals surface area (Å²) < 4.78 is 1.66. The first-order valence-electron chi connectivity index (χ1n) is 7.45. The van der Waals surface area contributed by atoms with Crippen molar-refractivity contribution in [2.75, 3.05) is 20.6 Å². The van der Waals surface area contributed by atoms with Crippen molar-refractivity contribution in [3.05, 3.63) is 53.3 Å². The molecule has 5 heteroatoms. The van der Waals surface area contributed by atoms with Crippen molar-refractivity contribution in [3.8, 4) is 0 Å². The lowest BCUT2D eigenvalue weighted by molar-refractivity contribution is -0.122. The smallest absolute Gasteiger partial charge is 0.241 e. The number of aryl methyl sites for hydroxylation is 2. The number of hydrogen-bond donors (Lipinski definition) is 1. The van der Waals surface area contributed by atoms with E-state index in [1.165, 1.54) is 11.1 Å². The second-order valence-corrected chi connectivity index (χ2v) is 5.86. The third-order valence-corrected chi connectivity index (χ3v) is 3.73. The summed E-state index contributed by atoms with van der Waals surface area (Å²) in [5.74, 6) is -0.0245. The van der Waals surface area contributed by atoms with Gasteiger partial charge in [0.05, 0.1) is 12.2 Å². The Morgan fingerprint density at radius 2 is 2.05 bits per heavy atom. The minimum atomic E-state index is -0.0245. The van der Waals surface area contributed by atoms with Crippen molar-refractivity contribution >= 4 is 5.91 Å². The molecule has 0 saturated heterocycles. The molecule has 0 saturated carbocycles. The minimum absolute atomic E-state index is 0.0245. The first-order chi connectivity index (χ1) is 10.5. The van der Waals surface area contributed by atoms with Gasteiger partial charge in [-0.15, -0.1) is 0 Å². The zero-order valence-electron chi connectivity index (χ0n) is 13.7. The van der Waals surface area contributed by atoms with Crippen LogP contribution in [0.15, 0.2) is 36.7 Å². The largest absolute Gasteiger partial charge is 0.353 e. The van der Waals surface area contributed by atoms with Gasteiger partial charge in [0, 0.05) is 12.7 Å². The van der Waals surface area contributed by atoms with Gasteiger partial charge in [-0.1, -0.05) is 24.3 Å². The number of likely N-dealkylation sites (N-methyl/N-ethyl adjacent to an activating group) is 1. The van der Waals surface area contributed by atoms with Crippen LogP contribution in [0, 0.1) is 13.8 Å². The SMILES string of the molecule is Cc1cnn(CC(=O)NC[C@@H](c2ccccc2C)N(C)C)c1. The van der Waals surface area contributed by atoms with Gasteiger partial charge in [0.1, 0.15) is 6.54 Å². The molecule has 1 amide bonds. The Balaban J connectivity index is 1.97. The molecule has 2 rings (SSSR count). The van der Waals surface area contributed by atoms with Crippen molar-refractivity contribution < 1.29 is 4.79 Å². The van der Waals surface area contributed by atoms with E-state index in [4.69, 9.17) is 0 Å². The molecule has 0 aliphatic rings. The molecule has 118 valence electrons. The summed E-state index contributed by atoms with van der Waals surface area (Å²) in [6.07, 6.45) is 3.62. The van der Waals surface area contributed by atoms with E-state index < -0.39 is 0 Å². The Bertz CT molecular complexity index is 633. The van der Waals surface area contributed by atoms with Crippen molar-refractivity contribution in [1.29, 1.82) is 0 Å². The normalized spacial score (nSPS) is 12.4. The van der Waals surface area contributed by atoms with E-state index in [0.29, 0.717) is 6.54 Å². The summed E-state index contributed by atoms with van der Waals surface area (Å²) in [5.41, 5.74) is 3.53. The topological polar surface area (TPSA) is 50.2 Å². The average Bonchev–Trinajstić information content (AvgIpc) is 2.85. The Hall–Kier alpha value is -2.14. The fourth-order valence-corrected chi connectivity index (χ4v) is 2.50. The van der Waals surface area contributed by atoms with Crippen LogP contribution in [0.5, 0.6) is 0 Å². The van der Waals surface area contributed by atoms with E-state index in [2.05, 4.69) is 34.4 Å². The van der Waals surface area contributed by atoms with Gasteiger partial charge in [0.2, 0.25) is 5.91 Å². The van der Waals surface area contributed by atoms with E-state index in [0.717, 1.165) is 5.56 Å². The number of carbonyl (C=O) groups excluding carboxylic acids is 1. The lowest BCUT2D eigenvalue weighted by atomic mass is 10.0. The van der Waals surface area contributed by atoms with Crippen LogP contribution >= 0.6 is 0 Å². The fourth-order valence-electron chi connectivity index (χ4n) is 2.50. The third-order valence-electron chi connectivity index (χ3n) is 3.73. The van der Waals surface area contributed by atoms with Gasteiger partial charge < -0.3 is 10.2 Å². The standard InChI is InChI=1S/C17H24N4O/c1-13-9-19-21(11-13)12-17(22)18-10-16(20(3)4)15-8-6-5-7-14(15)2/h5-9,11,16H,10,12H2,1-4H3,(H,18,22)/t16-/m0/s1. The van der Waals surface area contributed by atoms with Crippen molar-refractivity contribution in [2.45, 2.75) is 26.4 Å². The highest BCUT2D eigenvalue weighted by Crippen LogP contribution is 2.20. The van der Waals surface area contributed by atoms with Crippen molar-refractivity contribution in [3.63, 3.8) is 0 Å². The van der Waals surface area contributed by atoms with Crippen LogP contribution in [-0.4, -0.2) is 41.2 Å². The maximum absolute atomic E-state index is 12.1. The third kappa shape index (κ3) is 4.18. The lowest BCUT2D eigenvalue weighted by Crippen LogP contribution is -2.36. The van der Waals surface area contributed by atoms with Crippen LogP contribution in [-0.2, 0) is 11.3 Å². The molecule has 0 fully saturated rings. The zero-order chi connectivity index (χ0) is 16.1. The number of nitrogens with zero attached hydrogens (tertiary/aromatic N) is 3. The number of nitrogens with one attached hydrogen (secondary N) is 1. The number of hydrogen-bond acceptors (Lipinski definition) is 3. The molecule has 0 radical (unpaired) electrons. The second kappa shape index (κ2) is 7.22. The van der Waals surface area contributed by atoms with Gasteiger partial charge in [0.25, 0.3) is 0 Å². The monoisotopic (exact) mass is 300 g/mol. The Morgan fingerprint density at radius 1 is 1.32 bits per heavy atom. The van der Waals surface area contributed by atoms with Crippen LogP contribution in [0.2, 0.25) is 0 Å². The predicted molar refractivity (Wildman–Crippen MR) is 87.6 cm³/mol. The number of aromatic nitrogens is 2. The van der Waals surface area contributed by atoms with Gasteiger partial charge in [-0.25, -0.2) is 0 Å². The number of amides is 1. The van der Waals surface area contributed by atoms with Crippen molar-refractivity contribution in [2.24, 2.45) is 0 Å². The Kier molecular flexibility index (Phi) is 5.33. The van der Waals surface area contributed by atoms with Gasteiger partial charge in [0.15, 0.2) is 0 Å². The number of benzene rings is 1. The van der Waals surface area contributed by atoms with Crippen LogP contribution in [0.25, 0.3) is 0 Å². The van der Waals surface area contributed by atoms with Gasteiger partial charge in [-0.3, -0.25) is 9.48 Å². The Morgan fingerprint density at radius 3 is 2.64 bits per heavy atom. The van der Waals surface area contributed by atoms with Gasteiger partial charge in [-0.2, -0.15) is 5.10 Å². The minimum Gasteiger partial charge on any atom is -0.353 e. The summed E-state index contributed by atoms with van der Waals surface area (Å²) in [7, 11) is 4.06. The zero-order valence-corrected chi connectivity index (χ0v) is 13.7. The maximum Gasteiger partial charge on any atom is 0.241 e. The van der Waals surface area contributed by atoms with E-state index >= 15 is 0 Å². The lowest BCUT2D eigenvalue weighted by Gasteiger charge is -2.26. The highest BCUT2D eigenvalue weighted by Gasteiger charge is 2.17. The second-order valence-electron chi connectivity index (χ2n) is 5.86. The summed E-state index contributed by atoms with van der Waals surface area (Å²) >= 11 is 0. The molecule has 2 aromatic rings. The van der Waals surface area contributed by atoms with Crippen molar-refractivity contribution in [1.82, 2.24) is 20.0 Å². The summed E-state index contributed by atoms with van der Waals surface area (Å²) in [6, 6.07) is 8.44. The molecule has 5 nitrogen and oxygen atoms in total. The average molecular weight is 300 g/mol. The van der Waals surface area contributed by atoms with E-state index in [1.807, 2.05) is 39.3 Å². The number of carbonyl (C=O) groups is 1. The summed E-state index contributed by atoms with van der Waals surface area (Å²) in [4.78, 5) is 14.2. The van der Waals surface area contributed by atoms with Crippen LogP contribution in [0.4, 0.5) is 0 Å². The number of rotatable bonds is 6. The molecule has 0 aliphatic carbocycles. The van der Waals surface area contributed by atoms with Crippen LogP contribution < -0.4 is 5.32 Å². The first-order valence-corrected chi connectivity index (χ1v) is 7.45. The quantitative estimate of drug-likeness (QED) is 0.887. The van der Waals surface area contributed by atoms with E-state index in [-0.39, 0.29) is 18.5 Å². The first kappa shape index (κ1) is 16.2. The van der Waals surface area contributed by atoms with Gasteiger partial charge >= 0.3 is 0 Å². The summed E-state index contributed by atoms with van der Waals surface area (Å²) in [6.45, 7) is 4.89. The molecule has 1 N–H and O–H groups in total. The van der Waals surface area contributed by atoms with Gasteiger partial charge in [-0.05, 0) is 44.6 Å². The molecule has 0 aliphatic heterocycles. The molecular formula is C17H24N4O. The molecule has 0 spiro atoms. The van der Waals surface area contributed by atoms with Crippen LogP contribution in [0.3, 0.4) is 0 Å². The molecule has 0 unspecified atom stereocenters. The summed E-state index contributed by atoms with van der Waals surface area (Å²) in [5, 5.41) is 7.14. The Labute approximate surface area is 131 Å². The van der Waals surface area contributed by atoms with E-state index in [9.17, 15) is 4.79 Å². The highest BCUT2D eigenvalue weighted by atomic mass is 16.2. The molecule has 1 aromatic heterocycles. The molecule has 1 aromatic carbocycles. The fraction of sp³-hybridized carbons (Fsp3) is 0.412. The molecule has 1 atom stereocenters. The van der Waals surface area contributed by atoms with Crippen LogP contribution in [0.1, 0.15) is 22.7 Å². The molecule has 22 heavy (non-hydrogen) atoms. The molecular weight excluding hydrogens is 276 g/mol. The predicted octanol–water partition coefficient (Wildman–Crippen LogP) is 1.92. The molecule has 1 heterocycles. The molecule has 0 bridgehead atoms. The highest BCUT2D eigenvalue weighted by molar-refractivity contribution is 5.75. The maximum atomic E-state index is 12.1. The van der Waals surface area contributed by atoms with E-state index in [1.54, 1.807) is 10.9 Å².